The lowest BCUT2D eigenvalue weighted by molar-refractivity contribution is -0.131. The molecule has 1 heterocycles. The highest BCUT2D eigenvalue weighted by Crippen LogP contribution is 2.18. The van der Waals surface area contributed by atoms with Crippen LogP contribution < -0.4 is 5.32 Å². The molecule has 0 saturated carbocycles. The van der Waals surface area contributed by atoms with Crippen LogP contribution in [0, 0.1) is 0 Å². The van der Waals surface area contributed by atoms with Crippen LogP contribution in [-0.2, 0) is 11.2 Å². The van der Waals surface area contributed by atoms with Gasteiger partial charge >= 0.3 is 0 Å². The summed E-state index contributed by atoms with van der Waals surface area (Å²) in [5.41, 5.74) is 1.21. The number of benzene rings is 1. The normalized spacial score (nSPS) is 25.5. The molecule has 0 aromatic heterocycles. The van der Waals surface area contributed by atoms with Crippen LogP contribution in [0.25, 0.3) is 0 Å². The van der Waals surface area contributed by atoms with Gasteiger partial charge in [-0.15, -0.1) is 0 Å². The van der Waals surface area contributed by atoms with E-state index in [9.17, 15) is 4.79 Å². The number of hydrogen-bond donors (Lipinski definition) is 1. The maximum Gasteiger partial charge on any atom is 0.241 e. The van der Waals surface area contributed by atoms with Crippen LogP contribution in [0.4, 0.5) is 0 Å². The molecule has 1 N–H and O–H groups in total. The summed E-state index contributed by atoms with van der Waals surface area (Å²) in [6.45, 7) is 6.30. The fourth-order valence-electron chi connectivity index (χ4n) is 2.61. The zero-order valence-electron chi connectivity index (χ0n) is 11.4. The molecule has 2 rings (SSSR count). The van der Waals surface area contributed by atoms with Gasteiger partial charge in [0.05, 0.1) is 12.2 Å². The summed E-state index contributed by atoms with van der Waals surface area (Å²) >= 11 is 0. The van der Waals surface area contributed by atoms with Gasteiger partial charge in [0.15, 0.2) is 0 Å². The van der Waals surface area contributed by atoms with Gasteiger partial charge in [0.2, 0.25) is 5.91 Å². The van der Waals surface area contributed by atoms with Gasteiger partial charge in [-0.25, -0.2) is 0 Å². The minimum Gasteiger partial charge on any atom is -0.323 e. The van der Waals surface area contributed by atoms with E-state index in [0.29, 0.717) is 6.04 Å². The lowest BCUT2D eigenvalue weighted by atomic mass is 10.1. The highest BCUT2D eigenvalue weighted by molar-refractivity contribution is 5.84. The number of carbonyl (C=O) groups excluding carboxylic acids is 1. The Bertz CT molecular complexity index is 404. The maximum absolute atomic E-state index is 12.4. The molecular weight excluding hydrogens is 224 g/mol. The highest BCUT2D eigenvalue weighted by atomic mass is 16.2. The van der Waals surface area contributed by atoms with Crippen LogP contribution in [0.5, 0.6) is 0 Å². The van der Waals surface area contributed by atoms with Crippen molar-refractivity contribution in [3.8, 4) is 0 Å². The second-order valence-corrected chi connectivity index (χ2v) is 5.09. The largest absolute Gasteiger partial charge is 0.323 e. The summed E-state index contributed by atoms with van der Waals surface area (Å²) in [6, 6.07) is 10.4. The molecule has 1 fully saturated rings. The standard InChI is InChI=1S/C15H22N2O/c1-4-11(2)17-12(3)16-14(15(17)18)10-13-8-6-5-7-9-13/h5-9,11-12,14,16H,4,10H2,1-3H3. The van der Waals surface area contributed by atoms with Crippen LogP contribution in [0.1, 0.15) is 32.8 Å². The summed E-state index contributed by atoms with van der Waals surface area (Å²) in [4.78, 5) is 14.4. The Morgan fingerprint density at radius 2 is 2.00 bits per heavy atom. The zero-order chi connectivity index (χ0) is 13.1. The highest BCUT2D eigenvalue weighted by Gasteiger charge is 2.38. The van der Waals surface area contributed by atoms with Gasteiger partial charge in [-0.2, -0.15) is 0 Å². The summed E-state index contributed by atoms with van der Waals surface area (Å²) in [6.07, 6.45) is 1.91. The fraction of sp³-hybridized carbons (Fsp3) is 0.533. The average Bonchev–Trinajstić information content (AvgIpc) is 2.65. The van der Waals surface area contributed by atoms with Gasteiger partial charge < -0.3 is 4.90 Å². The number of rotatable bonds is 4. The quantitative estimate of drug-likeness (QED) is 0.883. The van der Waals surface area contributed by atoms with Crippen LogP contribution in [0.15, 0.2) is 30.3 Å². The molecule has 0 aliphatic carbocycles. The zero-order valence-corrected chi connectivity index (χ0v) is 11.4. The van der Waals surface area contributed by atoms with Crippen molar-refractivity contribution in [1.82, 2.24) is 10.2 Å². The molecule has 1 saturated heterocycles. The number of nitrogens with one attached hydrogen (secondary N) is 1. The molecular formula is C15H22N2O. The van der Waals surface area contributed by atoms with Crippen molar-refractivity contribution in [2.24, 2.45) is 0 Å². The second kappa shape index (κ2) is 5.53. The molecule has 3 heteroatoms. The first-order chi connectivity index (χ1) is 8.63. The lowest BCUT2D eigenvalue weighted by Crippen LogP contribution is -2.41. The van der Waals surface area contributed by atoms with Crippen molar-refractivity contribution >= 4 is 5.91 Å². The lowest BCUT2D eigenvalue weighted by Gasteiger charge is -2.27. The predicted molar refractivity (Wildman–Crippen MR) is 73.1 cm³/mol. The van der Waals surface area contributed by atoms with Crippen molar-refractivity contribution in [1.29, 1.82) is 0 Å². The first kappa shape index (κ1) is 13.1. The van der Waals surface area contributed by atoms with E-state index < -0.39 is 0 Å². The van der Waals surface area contributed by atoms with Crippen molar-refractivity contribution in [2.75, 3.05) is 0 Å². The van der Waals surface area contributed by atoms with Gasteiger partial charge in [0.25, 0.3) is 0 Å². The first-order valence-electron chi connectivity index (χ1n) is 6.75. The number of hydrogen-bond acceptors (Lipinski definition) is 2. The molecule has 98 valence electrons. The van der Waals surface area contributed by atoms with E-state index in [-0.39, 0.29) is 18.1 Å². The molecule has 3 atom stereocenters. The van der Waals surface area contributed by atoms with Crippen LogP contribution in [0.3, 0.4) is 0 Å². The second-order valence-electron chi connectivity index (χ2n) is 5.09. The molecule has 1 aliphatic heterocycles. The number of amides is 1. The van der Waals surface area contributed by atoms with Crippen molar-refractivity contribution < 1.29 is 4.79 Å². The van der Waals surface area contributed by atoms with Crippen molar-refractivity contribution in [2.45, 2.75) is 51.9 Å². The Morgan fingerprint density at radius 3 is 2.61 bits per heavy atom. The molecule has 18 heavy (non-hydrogen) atoms. The topological polar surface area (TPSA) is 32.3 Å². The minimum absolute atomic E-state index is 0.0728. The molecule has 1 aliphatic rings. The smallest absolute Gasteiger partial charge is 0.241 e. The Kier molecular flexibility index (Phi) is 4.02. The van der Waals surface area contributed by atoms with Gasteiger partial charge in [-0.05, 0) is 32.3 Å². The molecule has 1 aromatic rings. The Balaban J connectivity index is 2.06. The van der Waals surface area contributed by atoms with Gasteiger partial charge in [0.1, 0.15) is 0 Å². The van der Waals surface area contributed by atoms with E-state index in [4.69, 9.17) is 0 Å². The van der Waals surface area contributed by atoms with Crippen molar-refractivity contribution in [3.63, 3.8) is 0 Å². The number of carbonyl (C=O) groups is 1. The molecule has 3 unspecified atom stereocenters. The van der Waals surface area contributed by atoms with Gasteiger partial charge in [-0.3, -0.25) is 10.1 Å². The molecule has 0 radical (unpaired) electrons. The van der Waals surface area contributed by atoms with E-state index >= 15 is 0 Å². The average molecular weight is 246 g/mol. The van der Waals surface area contributed by atoms with Crippen LogP contribution >= 0.6 is 0 Å². The molecule has 0 spiro atoms. The molecule has 0 bridgehead atoms. The van der Waals surface area contributed by atoms with E-state index in [0.717, 1.165) is 12.8 Å². The first-order valence-corrected chi connectivity index (χ1v) is 6.75. The molecule has 3 nitrogen and oxygen atoms in total. The minimum atomic E-state index is -0.0728. The van der Waals surface area contributed by atoms with Crippen molar-refractivity contribution in [3.05, 3.63) is 35.9 Å². The third-order valence-electron chi connectivity index (χ3n) is 3.76. The van der Waals surface area contributed by atoms with E-state index in [1.54, 1.807) is 0 Å². The third-order valence-corrected chi connectivity index (χ3v) is 3.76. The molecule has 1 amide bonds. The summed E-state index contributed by atoms with van der Waals surface area (Å²) < 4.78 is 0. The Labute approximate surface area is 109 Å². The maximum atomic E-state index is 12.4. The predicted octanol–water partition coefficient (Wildman–Crippen LogP) is 2.17. The third kappa shape index (κ3) is 2.56. The summed E-state index contributed by atoms with van der Waals surface area (Å²) in [5.74, 6) is 0.237. The van der Waals surface area contributed by atoms with Crippen LogP contribution in [0.2, 0.25) is 0 Å². The Morgan fingerprint density at radius 1 is 1.33 bits per heavy atom. The van der Waals surface area contributed by atoms with Gasteiger partial charge in [-0.1, -0.05) is 37.3 Å². The number of nitrogens with zero attached hydrogens (tertiary/aromatic N) is 1. The fourth-order valence-corrected chi connectivity index (χ4v) is 2.61. The SMILES string of the molecule is CCC(C)N1C(=O)C(Cc2ccccc2)NC1C. The molecule has 1 aromatic carbocycles. The summed E-state index contributed by atoms with van der Waals surface area (Å²) in [7, 11) is 0. The monoisotopic (exact) mass is 246 g/mol. The van der Waals surface area contributed by atoms with E-state index in [1.165, 1.54) is 5.56 Å². The Hall–Kier alpha value is -1.35. The van der Waals surface area contributed by atoms with Gasteiger partial charge in [0, 0.05) is 6.04 Å². The van der Waals surface area contributed by atoms with Crippen LogP contribution in [-0.4, -0.2) is 29.1 Å². The van der Waals surface area contributed by atoms with E-state index in [1.807, 2.05) is 23.1 Å². The summed E-state index contributed by atoms with van der Waals surface area (Å²) in [5, 5.41) is 3.39. The van der Waals surface area contributed by atoms with E-state index in [2.05, 4.69) is 38.2 Å².